The molecule has 0 bridgehead atoms. The van der Waals surface area contributed by atoms with Crippen LogP contribution in [0.25, 0.3) is 0 Å². The Hall–Kier alpha value is -1.63. The largest absolute Gasteiger partial charge is 0.289 e. The molecule has 0 N–H and O–H groups in total. The molecule has 1 rings (SSSR count). The van der Waals surface area contributed by atoms with Gasteiger partial charge in [-0.2, -0.15) is 0 Å². The Kier molecular flexibility index (Phi) is 6.27. The van der Waals surface area contributed by atoms with Gasteiger partial charge in [0.2, 0.25) is 0 Å². The highest BCUT2D eigenvalue weighted by Gasteiger charge is 2.06. The molecule has 1 aromatic rings. The molecule has 19 heavy (non-hydrogen) atoms. The fraction of sp³-hybridized carbons (Fsp3) is 0.389. The number of benzene rings is 1. The van der Waals surface area contributed by atoms with Gasteiger partial charge in [-0.3, -0.25) is 4.79 Å². The highest BCUT2D eigenvalue weighted by Crippen LogP contribution is 2.16. The molecule has 0 spiro atoms. The Labute approximate surface area is 117 Å². The van der Waals surface area contributed by atoms with Crippen LogP contribution in [-0.2, 0) is 0 Å². The number of hydrogen-bond donors (Lipinski definition) is 0. The van der Waals surface area contributed by atoms with Crippen LogP contribution in [0.4, 0.5) is 0 Å². The highest BCUT2D eigenvalue weighted by molar-refractivity contribution is 6.08. The molecule has 0 saturated carbocycles. The molecular formula is C18H24O. The topological polar surface area (TPSA) is 17.1 Å². The van der Waals surface area contributed by atoms with Crippen molar-refractivity contribution in [3.63, 3.8) is 0 Å². The van der Waals surface area contributed by atoms with E-state index in [1.54, 1.807) is 0 Å². The first-order valence-electron chi connectivity index (χ1n) is 7.01. The van der Waals surface area contributed by atoms with Crippen LogP contribution < -0.4 is 0 Å². The summed E-state index contributed by atoms with van der Waals surface area (Å²) in [5.41, 5.74) is 2.88. The molecule has 0 aliphatic rings. The van der Waals surface area contributed by atoms with Gasteiger partial charge in [-0.25, -0.2) is 0 Å². The second-order valence-corrected chi connectivity index (χ2v) is 5.15. The number of hydrogen-bond acceptors (Lipinski definition) is 1. The summed E-state index contributed by atoms with van der Waals surface area (Å²) in [6.45, 7) is 8.45. The van der Waals surface area contributed by atoms with E-state index in [9.17, 15) is 4.79 Å². The summed E-state index contributed by atoms with van der Waals surface area (Å²) < 4.78 is 0. The number of Topliss-reactive ketones (excluding diaryl/α,β-unsaturated/α-hetero) is 1. The van der Waals surface area contributed by atoms with Crippen molar-refractivity contribution in [2.45, 2.75) is 40.5 Å². The van der Waals surface area contributed by atoms with Crippen LogP contribution in [0.15, 0.2) is 53.6 Å². The quantitative estimate of drug-likeness (QED) is 0.388. The molecule has 1 heteroatoms. The van der Waals surface area contributed by atoms with Gasteiger partial charge in [0.1, 0.15) is 0 Å². The molecule has 1 atom stereocenters. The molecule has 1 aromatic carbocycles. The first-order chi connectivity index (χ1) is 9.06. The molecule has 102 valence electrons. The van der Waals surface area contributed by atoms with Gasteiger partial charge in [-0.15, -0.1) is 0 Å². The zero-order chi connectivity index (χ0) is 14.3. The van der Waals surface area contributed by atoms with Crippen molar-refractivity contribution in [1.29, 1.82) is 0 Å². The van der Waals surface area contributed by atoms with Crippen molar-refractivity contribution in [3.05, 3.63) is 59.2 Å². The lowest BCUT2D eigenvalue weighted by molar-refractivity contribution is 0.103. The van der Waals surface area contributed by atoms with Crippen LogP contribution in [-0.4, -0.2) is 5.78 Å². The van der Waals surface area contributed by atoms with E-state index in [1.807, 2.05) is 43.3 Å². The van der Waals surface area contributed by atoms with Crippen molar-refractivity contribution in [3.8, 4) is 0 Å². The van der Waals surface area contributed by atoms with Crippen LogP contribution in [0.5, 0.6) is 0 Å². The van der Waals surface area contributed by atoms with E-state index in [4.69, 9.17) is 0 Å². The van der Waals surface area contributed by atoms with Crippen molar-refractivity contribution >= 4 is 5.78 Å². The number of rotatable bonds is 6. The molecule has 0 saturated heterocycles. The van der Waals surface area contributed by atoms with Gasteiger partial charge >= 0.3 is 0 Å². The summed E-state index contributed by atoms with van der Waals surface area (Å²) in [5.74, 6) is 0.689. The van der Waals surface area contributed by atoms with Gasteiger partial charge in [-0.05, 0) is 31.8 Å². The van der Waals surface area contributed by atoms with E-state index in [0.29, 0.717) is 5.92 Å². The molecule has 0 aliphatic carbocycles. The Morgan fingerprint density at radius 3 is 2.37 bits per heavy atom. The Morgan fingerprint density at radius 2 is 1.79 bits per heavy atom. The van der Waals surface area contributed by atoms with Crippen molar-refractivity contribution in [2.75, 3.05) is 0 Å². The number of carbonyl (C=O) groups excluding carboxylic acids is 1. The van der Waals surface area contributed by atoms with E-state index in [-0.39, 0.29) is 5.78 Å². The van der Waals surface area contributed by atoms with Gasteiger partial charge in [0, 0.05) is 5.56 Å². The van der Waals surface area contributed by atoms with E-state index in [2.05, 4.69) is 26.8 Å². The number of carbonyl (C=O) groups is 1. The standard InChI is InChI=1S/C18H24O/c1-5-9-14(2)15(3)12-13-16(4)18(19)17-10-7-6-8-11-17/h6-8,10-14H,5,9H2,1-4H3/b15-12+,16-13+. The van der Waals surface area contributed by atoms with Crippen LogP contribution in [0.2, 0.25) is 0 Å². The van der Waals surface area contributed by atoms with Crippen molar-refractivity contribution in [1.82, 2.24) is 0 Å². The maximum Gasteiger partial charge on any atom is 0.188 e. The third-order valence-electron chi connectivity index (χ3n) is 3.49. The van der Waals surface area contributed by atoms with Gasteiger partial charge in [-0.1, -0.05) is 68.3 Å². The molecule has 0 aromatic heterocycles. The summed E-state index contributed by atoms with van der Waals surface area (Å²) in [4.78, 5) is 12.2. The molecular weight excluding hydrogens is 232 g/mol. The SMILES string of the molecule is CCCC(C)/C(C)=C/C=C(\C)C(=O)c1ccccc1. The zero-order valence-electron chi connectivity index (χ0n) is 12.4. The third kappa shape index (κ3) is 4.86. The molecule has 0 aliphatic heterocycles. The van der Waals surface area contributed by atoms with Crippen molar-refractivity contribution in [2.24, 2.45) is 5.92 Å². The molecule has 1 nitrogen and oxygen atoms in total. The Balaban J connectivity index is 2.77. The summed E-state index contributed by atoms with van der Waals surface area (Å²) in [7, 11) is 0. The first kappa shape index (κ1) is 15.4. The number of allylic oxidation sites excluding steroid dienone is 4. The Bertz CT molecular complexity index is 466. The van der Waals surface area contributed by atoms with Crippen molar-refractivity contribution < 1.29 is 4.79 Å². The lowest BCUT2D eigenvalue weighted by atomic mass is 9.96. The molecule has 0 radical (unpaired) electrons. The molecule has 0 heterocycles. The minimum atomic E-state index is 0.104. The monoisotopic (exact) mass is 256 g/mol. The van der Waals surface area contributed by atoms with Crippen LogP contribution in [0.3, 0.4) is 0 Å². The van der Waals surface area contributed by atoms with Gasteiger partial charge in [0.05, 0.1) is 0 Å². The lowest BCUT2D eigenvalue weighted by Gasteiger charge is -2.09. The predicted octanol–water partition coefficient (Wildman–Crippen LogP) is 5.20. The maximum absolute atomic E-state index is 12.2. The summed E-state index contributed by atoms with van der Waals surface area (Å²) in [6.07, 6.45) is 6.41. The summed E-state index contributed by atoms with van der Waals surface area (Å²) in [5, 5.41) is 0. The zero-order valence-corrected chi connectivity index (χ0v) is 12.4. The van der Waals surface area contributed by atoms with Crippen LogP contribution >= 0.6 is 0 Å². The third-order valence-corrected chi connectivity index (χ3v) is 3.49. The summed E-state index contributed by atoms with van der Waals surface area (Å²) >= 11 is 0. The van der Waals surface area contributed by atoms with E-state index < -0.39 is 0 Å². The highest BCUT2D eigenvalue weighted by atomic mass is 16.1. The maximum atomic E-state index is 12.2. The van der Waals surface area contributed by atoms with E-state index >= 15 is 0 Å². The van der Waals surface area contributed by atoms with Crippen LogP contribution in [0, 0.1) is 5.92 Å². The Morgan fingerprint density at radius 1 is 1.16 bits per heavy atom. The summed E-state index contributed by atoms with van der Waals surface area (Å²) in [6, 6.07) is 9.42. The first-order valence-corrected chi connectivity index (χ1v) is 7.01. The molecule has 0 fully saturated rings. The predicted molar refractivity (Wildman–Crippen MR) is 82.4 cm³/mol. The molecule has 1 unspecified atom stereocenters. The lowest BCUT2D eigenvalue weighted by Crippen LogP contribution is -2.00. The average molecular weight is 256 g/mol. The van der Waals surface area contributed by atoms with Gasteiger partial charge in [0.15, 0.2) is 5.78 Å². The van der Waals surface area contributed by atoms with Gasteiger partial charge < -0.3 is 0 Å². The second-order valence-electron chi connectivity index (χ2n) is 5.15. The van der Waals surface area contributed by atoms with E-state index in [0.717, 1.165) is 11.1 Å². The van der Waals surface area contributed by atoms with Crippen LogP contribution in [0.1, 0.15) is 50.9 Å². The smallest absolute Gasteiger partial charge is 0.188 e. The second kappa shape index (κ2) is 7.73. The fourth-order valence-corrected chi connectivity index (χ4v) is 1.97. The van der Waals surface area contributed by atoms with Gasteiger partial charge in [0.25, 0.3) is 0 Å². The normalized spacial score (nSPS) is 14.3. The molecule has 0 amide bonds. The minimum absolute atomic E-state index is 0.104. The minimum Gasteiger partial charge on any atom is -0.289 e. The fourth-order valence-electron chi connectivity index (χ4n) is 1.97. The average Bonchev–Trinajstić information content (AvgIpc) is 2.44. The number of ketones is 1. The van der Waals surface area contributed by atoms with E-state index in [1.165, 1.54) is 18.4 Å².